The number of hydrogen-bond acceptors (Lipinski definition) is 10. The van der Waals surface area contributed by atoms with E-state index in [4.69, 9.17) is 47.4 Å². The van der Waals surface area contributed by atoms with Gasteiger partial charge in [-0.3, -0.25) is 0 Å². The van der Waals surface area contributed by atoms with Crippen LogP contribution in [-0.4, -0.2) is 70.1 Å². The third-order valence-corrected chi connectivity index (χ3v) is 11.4. The van der Waals surface area contributed by atoms with Crippen molar-refractivity contribution in [2.75, 3.05) is 70.1 Å². The van der Waals surface area contributed by atoms with Crippen LogP contribution in [0.25, 0.3) is 0 Å². The highest BCUT2D eigenvalue weighted by Gasteiger charge is 2.23. The molecule has 0 heterocycles. The van der Waals surface area contributed by atoms with E-state index in [1.54, 1.807) is 56.9 Å². The molecular formula is C51H62O10. The molecule has 5 aromatic rings. The van der Waals surface area contributed by atoms with Gasteiger partial charge in [-0.05, 0) is 73.5 Å². The van der Waals surface area contributed by atoms with Gasteiger partial charge in [-0.2, -0.15) is 0 Å². The van der Waals surface area contributed by atoms with Crippen LogP contribution in [0.4, 0.5) is 0 Å². The zero-order valence-corrected chi connectivity index (χ0v) is 37.6. The third-order valence-electron chi connectivity index (χ3n) is 11.4. The van der Waals surface area contributed by atoms with E-state index in [0.29, 0.717) is 45.3 Å². The van der Waals surface area contributed by atoms with Gasteiger partial charge in [0.2, 0.25) is 0 Å². The van der Waals surface area contributed by atoms with Crippen molar-refractivity contribution < 1.29 is 47.4 Å². The molecule has 10 nitrogen and oxygen atoms in total. The molecule has 0 unspecified atom stereocenters. The summed E-state index contributed by atoms with van der Waals surface area (Å²) in [7, 11) is 13.5. The van der Waals surface area contributed by atoms with Crippen molar-refractivity contribution in [3.05, 3.63) is 116 Å². The van der Waals surface area contributed by atoms with Gasteiger partial charge in [-0.25, -0.2) is 0 Å². The maximum absolute atomic E-state index is 6.60. The molecule has 0 aliphatic heterocycles. The van der Waals surface area contributed by atoms with E-state index in [1.165, 1.54) is 0 Å². The minimum absolute atomic E-state index is 0.505. The first-order chi connectivity index (χ1) is 29.7. The predicted octanol–water partition coefficient (Wildman–Crippen LogP) is 10.4. The molecule has 0 N–H and O–H groups in total. The van der Waals surface area contributed by atoms with Gasteiger partial charge in [0.25, 0.3) is 0 Å². The Kier molecular flexibility index (Phi) is 15.4. The molecule has 326 valence electrons. The summed E-state index contributed by atoms with van der Waals surface area (Å²) in [6.07, 6.45) is 6.45. The van der Waals surface area contributed by atoms with Crippen molar-refractivity contribution in [1.29, 1.82) is 0 Å². The van der Waals surface area contributed by atoms with E-state index in [0.717, 1.165) is 139 Å². The number of rotatable bonds is 16. The third kappa shape index (κ3) is 10.2. The maximum Gasteiger partial charge on any atom is 0.123 e. The predicted molar refractivity (Wildman–Crippen MR) is 239 cm³/mol. The number of ether oxygens (including phenoxy) is 10. The van der Waals surface area contributed by atoms with Gasteiger partial charge < -0.3 is 47.4 Å². The second kappa shape index (κ2) is 21.1. The molecule has 10 aliphatic carbocycles. The number of hydrogen-bond donors (Lipinski definition) is 0. The summed E-state index contributed by atoms with van der Waals surface area (Å²) in [4.78, 5) is 0. The fourth-order valence-corrected chi connectivity index (χ4v) is 8.07. The zero-order chi connectivity index (χ0) is 43.5. The highest BCUT2D eigenvalue weighted by Crippen LogP contribution is 2.42. The summed E-state index contributed by atoms with van der Waals surface area (Å²) < 4.78 is 61.7. The Hall–Kier alpha value is -5.90. The molecule has 0 radical (unpaired) electrons. The van der Waals surface area contributed by atoms with Crippen molar-refractivity contribution >= 4 is 0 Å². The standard InChI is InChI=1S/C51H62O10/c1-11-13-15-60-50-30-41-21-39-29-47(57-8)37(27-49(39)59-10)19-35-25-43(53-4)33(23-45(35)55-6)17-32-22-44(54-5)34(24-42(32)52-3)18-36-26-48(58-9)38(28-46(36)56-7)20-40(50)31-51(41)61-16-14-12-2/h22-31H,11-21H2,1-10H3. The summed E-state index contributed by atoms with van der Waals surface area (Å²) in [5.41, 5.74) is 9.52. The summed E-state index contributed by atoms with van der Waals surface area (Å²) in [6.45, 7) is 5.50. The van der Waals surface area contributed by atoms with E-state index in [1.807, 2.05) is 24.3 Å². The lowest BCUT2D eigenvalue weighted by molar-refractivity contribution is 0.296. The summed E-state index contributed by atoms with van der Waals surface area (Å²) in [6, 6.07) is 20.7. The van der Waals surface area contributed by atoms with E-state index in [-0.39, 0.29) is 0 Å². The second-order valence-electron chi connectivity index (χ2n) is 15.3. The van der Waals surface area contributed by atoms with Crippen molar-refractivity contribution in [2.45, 2.75) is 71.6 Å². The minimum Gasteiger partial charge on any atom is -0.496 e. The Morgan fingerprint density at radius 3 is 0.607 bits per heavy atom. The molecule has 0 spiro atoms. The van der Waals surface area contributed by atoms with Gasteiger partial charge in [0, 0.05) is 87.7 Å². The Morgan fingerprint density at radius 1 is 0.279 bits per heavy atom. The minimum atomic E-state index is 0.505. The van der Waals surface area contributed by atoms with Gasteiger partial charge >= 0.3 is 0 Å². The highest BCUT2D eigenvalue weighted by atomic mass is 16.5. The van der Waals surface area contributed by atoms with Crippen LogP contribution in [0.1, 0.15) is 95.2 Å². The number of unbranched alkanes of at least 4 members (excludes halogenated alkanes) is 2. The van der Waals surface area contributed by atoms with Crippen LogP contribution in [0.5, 0.6) is 57.5 Å². The van der Waals surface area contributed by atoms with Gasteiger partial charge in [0.05, 0.1) is 70.1 Å². The van der Waals surface area contributed by atoms with Crippen LogP contribution in [-0.2, 0) is 32.1 Å². The maximum atomic E-state index is 6.60. The zero-order valence-electron chi connectivity index (χ0n) is 37.6. The number of benzene rings is 5. The second-order valence-corrected chi connectivity index (χ2v) is 15.3. The molecule has 10 bridgehead atoms. The summed E-state index contributed by atoms with van der Waals surface area (Å²) in [5, 5.41) is 0. The SMILES string of the molecule is CCCCOc1cc2c(OCCCC)cc1Cc1cc(OC)c(cc1OC)Cc1cc(OC)c(cc1OC)Cc1cc(OC)c(cc1OC)Cc1cc(OC)c(cc1OC)C2. The summed E-state index contributed by atoms with van der Waals surface area (Å²) >= 11 is 0. The first-order valence-corrected chi connectivity index (χ1v) is 21.1. The summed E-state index contributed by atoms with van der Waals surface area (Å²) in [5.74, 6) is 7.44. The number of methoxy groups -OCH3 is 8. The monoisotopic (exact) mass is 834 g/mol. The van der Waals surface area contributed by atoms with Crippen LogP contribution in [0.2, 0.25) is 0 Å². The van der Waals surface area contributed by atoms with Crippen molar-refractivity contribution in [3.63, 3.8) is 0 Å². The molecule has 0 atom stereocenters. The van der Waals surface area contributed by atoms with Crippen molar-refractivity contribution in [2.24, 2.45) is 0 Å². The Morgan fingerprint density at radius 2 is 0.443 bits per heavy atom. The van der Waals surface area contributed by atoms with Crippen LogP contribution in [0, 0.1) is 0 Å². The largest absolute Gasteiger partial charge is 0.496 e. The van der Waals surface area contributed by atoms with Crippen LogP contribution < -0.4 is 47.4 Å². The molecule has 5 aromatic carbocycles. The normalized spacial score (nSPS) is 12.2. The molecule has 10 aliphatic rings. The van der Waals surface area contributed by atoms with Gasteiger partial charge in [-0.15, -0.1) is 0 Å². The smallest absolute Gasteiger partial charge is 0.123 e. The first-order valence-electron chi connectivity index (χ1n) is 21.1. The van der Waals surface area contributed by atoms with Crippen LogP contribution in [0.3, 0.4) is 0 Å². The van der Waals surface area contributed by atoms with E-state index < -0.39 is 0 Å². The fourth-order valence-electron chi connectivity index (χ4n) is 8.07. The quantitative estimate of drug-likeness (QED) is 0.0878. The van der Waals surface area contributed by atoms with Crippen molar-refractivity contribution in [3.8, 4) is 57.5 Å². The average molecular weight is 835 g/mol. The topological polar surface area (TPSA) is 92.3 Å². The van der Waals surface area contributed by atoms with Gasteiger partial charge in [0.1, 0.15) is 57.5 Å². The molecule has 0 aromatic heterocycles. The highest BCUT2D eigenvalue weighted by molar-refractivity contribution is 5.59. The Labute approximate surface area is 361 Å². The lowest BCUT2D eigenvalue weighted by Gasteiger charge is -2.21. The van der Waals surface area contributed by atoms with Gasteiger partial charge in [-0.1, -0.05) is 26.7 Å². The van der Waals surface area contributed by atoms with Crippen LogP contribution >= 0.6 is 0 Å². The lowest BCUT2D eigenvalue weighted by Crippen LogP contribution is -2.07. The van der Waals surface area contributed by atoms with Crippen LogP contribution in [0.15, 0.2) is 60.7 Å². The lowest BCUT2D eigenvalue weighted by atomic mass is 9.94. The van der Waals surface area contributed by atoms with Gasteiger partial charge in [0.15, 0.2) is 0 Å². The van der Waals surface area contributed by atoms with E-state index in [2.05, 4.69) is 50.2 Å². The molecule has 15 rings (SSSR count). The molecule has 61 heavy (non-hydrogen) atoms. The fraction of sp³-hybridized carbons (Fsp3) is 0.412. The average Bonchev–Trinajstić information content (AvgIpc) is 3.28. The molecule has 10 heteroatoms. The Bertz CT molecular complexity index is 2120. The Balaban J connectivity index is 1.62. The molecular weight excluding hydrogens is 773 g/mol. The molecule has 0 fully saturated rings. The molecule has 0 saturated heterocycles. The van der Waals surface area contributed by atoms with Crippen molar-refractivity contribution in [1.82, 2.24) is 0 Å². The molecule has 0 saturated carbocycles. The van der Waals surface area contributed by atoms with E-state index in [9.17, 15) is 0 Å². The van der Waals surface area contributed by atoms with E-state index >= 15 is 0 Å². The first kappa shape index (κ1) is 44.6. The molecule has 0 amide bonds.